The van der Waals surface area contributed by atoms with Crippen molar-refractivity contribution >= 4 is 29.7 Å². The van der Waals surface area contributed by atoms with E-state index in [1.807, 2.05) is 54.6 Å². The number of carbonyl (C=O) groups excluding carboxylic acids is 3. The molecule has 3 rings (SSSR count). The number of barbiturate groups is 1. The van der Waals surface area contributed by atoms with Crippen molar-refractivity contribution in [2.75, 3.05) is 13.1 Å². The fraction of sp³-hybridized carbons (Fsp3) is 0.238. The third-order valence-electron chi connectivity index (χ3n) is 4.51. The van der Waals surface area contributed by atoms with Crippen molar-refractivity contribution in [1.29, 1.82) is 0 Å². The van der Waals surface area contributed by atoms with Crippen LogP contribution in [0.4, 0.5) is 10.5 Å². The van der Waals surface area contributed by atoms with E-state index in [1.165, 1.54) is 6.21 Å². The zero-order valence-corrected chi connectivity index (χ0v) is 15.3. The van der Waals surface area contributed by atoms with Crippen LogP contribution in [-0.2, 0) is 9.59 Å². The van der Waals surface area contributed by atoms with Crippen LogP contribution in [0.15, 0.2) is 59.6 Å². The van der Waals surface area contributed by atoms with Gasteiger partial charge in [0.1, 0.15) is 0 Å². The molecule has 4 amide bonds. The molecule has 1 aliphatic rings. The summed E-state index contributed by atoms with van der Waals surface area (Å²) in [4.78, 5) is 44.0. The van der Waals surface area contributed by atoms with E-state index in [-0.39, 0.29) is 13.1 Å². The minimum absolute atomic E-state index is 0.215. The van der Waals surface area contributed by atoms with Crippen molar-refractivity contribution in [3.63, 3.8) is 0 Å². The number of hydrogen-bond donors (Lipinski definition) is 0. The SMILES string of the molecule is CCN1C(=O)C(C=Nc2ccccc2-c2ccccc2)C(=O)N(CC)C1=O. The molecule has 138 valence electrons. The molecule has 1 heterocycles. The molecule has 0 atom stereocenters. The first-order valence-corrected chi connectivity index (χ1v) is 8.93. The lowest BCUT2D eigenvalue weighted by Gasteiger charge is -2.34. The van der Waals surface area contributed by atoms with Crippen molar-refractivity contribution in [1.82, 2.24) is 9.80 Å². The summed E-state index contributed by atoms with van der Waals surface area (Å²) in [5, 5.41) is 0. The van der Waals surface area contributed by atoms with Crippen molar-refractivity contribution in [3.05, 3.63) is 54.6 Å². The van der Waals surface area contributed by atoms with Gasteiger partial charge in [0, 0.05) is 24.9 Å². The normalized spacial score (nSPS) is 15.9. The van der Waals surface area contributed by atoms with Gasteiger partial charge < -0.3 is 0 Å². The Balaban J connectivity index is 1.95. The Labute approximate surface area is 158 Å². The maximum atomic E-state index is 12.6. The summed E-state index contributed by atoms with van der Waals surface area (Å²) >= 11 is 0. The van der Waals surface area contributed by atoms with Gasteiger partial charge in [0.2, 0.25) is 11.8 Å². The number of imide groups is 2. The van der Waals surface area contributed by atoms with Crippen LogP contribution in [0.3, 0.4) is 0 Å². The number of urea groups is 1. The van der Waals surface area contributed by atoms with E-state index in [0.29, 0.717) is 5.69 Å². The van der Waals surface area contributed by atoms with Gasteiger partial charge in [-0.05, 0) is 25.5 Å². The first kappa shape index (κ1) is 18.5. The zero-order valence-electron chi connectivity index (χ0n) is 15.3. The molecule has 0 radical (unpaired) electrons. The number of rotatable bonds is 5. The van der Waals surface area contributed by atoms with Gasteiger partial charge in [0.15, 0.2) is 5.92 Å². The molecule has 6 heteroatoms. The third kappa shape index (κ3) is 3.51. The van der Waals surface area contributed by atoms with E-state index in [1.54, 1.807) is 13.8 Å². The predicted octanol–water partition coefficient (Wildman–Crippen LogP) is 3.50. The molecule has 1 fully saturated rings. The minimum Gasteiger partial charge on any atom is -0.273 e. The summed E-state index contributed by atoms with van der Waals surface area (Å²) in [6, 6.07) is 16.7. The Kier molecular flexibility index (Phi) is 5.45. The third-order valence-corrected chi connectivity index (χ3v) is 4.51. The molecule has 0 N–H and O–H groups in total. The highest BCUT2D eigenvalue weighted by Gasteiger charge is 2.43. The molecule has 0 aliphatic carbocycles. The average molecular weight is 363 g/mol. The number of aliphatic imine (C=N–C) groups is 1. The summed E-state index contributed by atoms with van der Waals surface area (Å²) in [5.74, 6) is -2.15. The van der Waals surface area contributed by atoms with Crippen LogP contribution in [0.1, 0.15) is 13.8 Å². The average Bonchev–Trinajstić information content (AvgIpc) is 2.69. The number of nitrogens with zero attached hydrogens (tertiary/aromatic N) is 3. The van der Waals surface area contributed by atoms with Crippen LogP contribution in [0, 0.1) is 5.92 Å². The second kappa shape index (κ2) is 7.95. The van der Waals surface area contributed by atoms with Crippen LogP contribution < -0.4 is 0 Å². The van der Waals surface area contributed by atoms with Crippen LogP contribution >= 0.6 is 0 Å². The summed E-state index contributed by atoms with van der Waals surface area (Å²) in [6.07, 6.45) is 1.35. The highest BCUT2D eigenvalue weighted by molar-refractivity contribution is 6.23. The second-order valence-corrected chi connectivity index (χ2v) is 6.09. The molecule has 27 heavy (non-hydrogen) atoms. The maximum Gasteiger partial charge on any atom is 0.333 e. The lowest BCUT2D eigenvalue weighted by Crippen LogP contribution is -2.59. The first-order chi connectivity index (χ1) is 13.1. The lowest BCUT2D eigenvalue weighted by molar-refractivity contribution is -0.145. The fourth-order valence-corrected chi connectivity index (χ4v) is 3.09. The molecule has 0 unspecified atom stereocenters. The molecule has 2 aromatic carbocycles. The van der Waals surface area contributed by atoms with E-state index >= 15 is 0 Å². The predicted molar refractivity (Wildman–Crippen MR) is 104 cm³/mol. The Bertz CT molecular complexity index is 867. The van der Waals surface area contributed by atoms with E-state index < -0.39 is 23.8 Å². The molecular formula is C21H21N3O3. The number of carbonyl (C=O) groups is 3. The van der Waals surface area contributed by atoms with Crippen molar-refractivity contribution in [3.8, 4) is 11.1 Å². The number of hydrogen-bond acceptors (Lipinski definition) is 4. The monoisotopic (exact) mass is 363 g/mol. The summed E-state index contributed by atoms with van der Waals surface area (Å²) in [7, 11) is 0. The largest absolute Gasteiger partial charge is 0.333 e. The Morgan fingerprint density at radius 3 is 2.00 bits per heavy atom. The molecule has 0 spiro atoms. The van der Waals surface area contributed by atoms with Crippen molar-refractivity contribution in [2.45, 2.75) is 13.8 Å². The lowest BCUT2D eigenvalue weighted by atomic mass is 10.0. The number of para-hydroxylation sites is 1. The molecular weight excluding hydrogens is 342 g/mol. The molecule has 0 aromatic heterocycles. The van der Waals surface area contributed by atoms with Crippen LogP contribution in [-0.4, -0.2) is 46.9 Å². The van der Waals surface area contributed by atoms with Gasteiger partial charge in [-0.1, -0.05) is 48.5 Å². The van der Waals surface area contributed by atoms with Gasteiger partial charge in [0.25, 0.3) is 0 Å². The molecule has 0 bridgehead atoms. The highest BCUT2D eigenvalue weighted by Crippen LogP contribution is 2.30. The quantitative estimate of drug-likeness (QED) is 0.603. The molecule has 6 nitrogen and oxygen atoms in total. The fourth-order valence-electron chi connectivity index (χ4n) is 3.09. The van der Waals surface area contributed by atoms with Crippen LogP contribution in [0.5, 0.6) is 0 Å². The van der Waals surface area contributed by atoms with Crippen LogP contribution in [0.25, 0.3) is 11.1 Å². The summed E-state index contributed by atoms with van der Waals surface area (Å²) in [5.41, 5.74) is 2.56. The first-order valence-electron chi connectivity index (χ1n) is 8.93. The van der Waals surface area contributed by atoms with Gasteiger partial charge in [0.05, 0.1) is 5.69 Å². The standard InChI is InChI=1S/C21H21N3O3/c1-3-23-19(25)17(20(26)24(4-2)21(23)27)14-22-18-13-9-8-12-16(18)15-10-6-5-7-11-15/h5-14,17H,3-4H2,1-2H3. The second-order valence-electron chi connectivity index (χ2n) is 6.09. The van der Waals surface area contributed by atoms with E-state index in [9.17, 15) is 14.4 Å². The molecule has 1 aliphatic heterocycles. The Morgan fingerprint density at radius 1 is 0.852 bits per heavy atom. The van der Waals surface area contributed by atoms with Crippen LogP contribution in [0.2, 0.25) is 0 Å². The smallest absolute Gasteiger partial charge is 0.273 e. The zero-order chi connectivity index (χ0) is 19.4. The summed E-state index contributed by atoms with van der Waals surface area (Å²) in [6.45, 7) is 3.84. The molecule has 0 saturated carbocycles. The van der Waals surface area contributed by atoms with Gasteiger partial charge in [-0.25, -0.2) is 4.79 Å². The van der Waals surface area contributed by atoms with Gasteiger partial charge in [-0.15, -0.1) is 0 Å². The van der Waals surface area contributed by atoms with Crippen molar-refractivity contribution in [2.24, 2.45) is 10.9 Å². The van der Waals surface area contributed by atoms with E-state index in [4.69, 9.17) is 0 Å². The van der Waals surface area contributed by atoms with Gasteiger partial charge in [-0.2, -0.15) is 0 Å². The Morgan fingerprint density at radius 2 is 1.41 bits per heavy atom. The molecule has 2 aromatic rings. The van der Waals surface area contributed by atoms with E-state index in [0.717, 1.165) is 20.9 Å². The van der Waals surface area contributed by atoms with E-state index in [2.05, 4.69) is 4.99 Å². The van der Waals surface area contributed by atoms with Gasteiger partial charge in [-0.3, -0.25) is 24.4 Å². The molecule has 1 saturated heterocycles. The Hall–Kier alpha value is -3.28. The minimum atomic E-state index is -1.09. The summed E-state index contributed by atoms with van der Waals surface area (Å²) < 4.78 is 0. The number of amides is 4. The maximum absolute atomic E-state index is 12.6. The van der Waals surface area contributed by atoms with Gasteiger partial charge >= 0.3 is 6.03 Å². The number of benzene rings is 2. The topological polar surface area (TPSA) is 70.1 Å². The highest BCUT2D eigenvalue weighted by atomic mass is 16.2. The van der Waals surface area contributed by atoms with Crippen molar-refractivity contribution < 1.29 is 14.4 Å².